The summed E-state index contributed by atoms with van der Waals surface area (Å²) in [5, 5.41) is 3.42. The van der Waals surface area contributed by atoms with E-state index in [1.54, 1.807) is 0 Å². The fourth-order valence-corrected chi connectivity index (χ4v) is 1.82. The lowest BCUT2D eigenvalue weighted by Crippen LogP contribution is -2.19. The van der Waals surface area contributed by atoms with Gasteiger partial charge in [-0.1, -0.05) is 18.6 Å². The van der Waals surface area contributed by atoms with Crippen LogP contribution in [0, 0.1) is 5.92 Å². The largest absolute Gasteiger partial charge is 0.381 e. The van der Waals surface area contributed by atoms with Crippen molar-refractivity contribution in [3.05, 3.63) is 11.6 Å². The van der Waals surface area contributed by atoms with E-state index in [9.17, 15) is 0 Å². The van der Waals surface area contributed by atoms with E-state index in [0.717, 1.165) is 26.3 Å². The molecule has 1 aliphatic heterocycles. The second kappa shape index (κ2) is 7.02. The van der Waals surface area contributed by atoms with Crippen LogP contribution in [0.5, 0.6) is 0 Å². The zero-order valence-electron chi connectivity index (χ0n) is 9.51. The highest BCUT2D eigenvalue weighted by atomic mass is 16.5. The van der Waals surface area contributed by atoms with Gasteiger partial charge in [-0.3, -0.25) is 0 Å². The molecule has 82 valence electrons. The molecule has 0 aromatic rings. The summed E-state index contributed by atoms with van der Waals surface area (Å²) < 4.78 is 5.44. The van der Waals surface area contributed by atoms with Crippen LogP contribution < -0.4 is 5.32 Å². The van der Waals surface area contributed by atoms with Crippen LogP contribution in [0.4, 0.5) is 0 Å². The summed E-state index contributed by atoms with van der Waals surface area (Å²) in [5.74, 6) is 0.659. The number of rotatable bonds is 5. The standard InChI is InChI=1S/C12H23NO/c1-3-6-13-9-11(2)8-12-5-4-7-14-10-12/h8,12-13H,3-7,9-10H2,1-2H3. The third kappa shape index (κ3) is 4.77. The van der Waals surface area contributed by atoms with Crippen LogP contribution in [0.15, 0.2) is 11.6 Å². The first-order valence-electron chi connectivity index (χ1n) is 5.78. The first-order chi connectivity index (χ1) is 6.83. The molecule has 1 atom stereocenters. The zero-order chi connectivity index (χ0) is 10.2. The van der Waals surface area contributed by atoms with Crippen molar-refractivity contribution in [2.24, 2.45) is 5.92 Å². The molecule has 2 nitrogen and oxygen atoms in total. The minimum absolute atomic E-state index is 0.659. The Morgan fingerprint density at radius 3 is 3.07 bits per heavy atom. The molecule has 0 radical (unpaired) electrons. The Balaban J connectivity index is 2.19. The molecule has 14 heavy (non-hydrogen) atoms. The van der Waals surface area contributed by atoms with E-state index in [0.29, 0.717) is 5.92 Å². The molecule has 1 saturated heterocycles. The molecule has 1 aliphatic rings. The molecule has 0 saturated carbocycles. The fourth-order valence-electron chi connectivity index (χ4n) is 1.82. The smallest absolute Gasteiger partial charge is 0.0528 e. The molecule has 0 aliphatic carbocycles. The van der Waals surface area contributed by atoms with E-state index >= 15 is 0 Å². The Morgan fingerprint density at radius 2 is 2.43 bits per heavy atom. The molecular formula is C12H23NO. The molecule has 0 aromatic carbocycles. The predicted molar refractivity (Wildman–Crippen MR) is 60.5 cm³/mol. The van der Waals surface area contributed by atoms with E-state index in [1.807, 2.05) is 0 Å². The summed E-state index contributed by atoms with van der Waals surface area (Å²) in [6.45, 7) is 8.43. The van der Waals surface area contributed by atoms with E-state index < -0.39 is 0 Å². The van der Waals surface area contributed by atoms with Crippen molar-refractivity contribution in [2.45, 2.75) is 33.1 Å². The fraction of sp³-hybridized carbons (Fsp3) is 0.833. The summed E-state index contributed by atoms with van der Waals surface area (Å²) in [7, 11) is 0. The lowest BCUT2D eigenvalue weighted by Gasteiger charge is -2.19. The molecule has 1 rings (SSSR count). The lowest BCUT2D eigenvalue weighted by atomic mass is 9.99. The van der Waals surface area contributed by atoms with Crippen molar-refractivity contribution in [3.8, 4) is 0 Å². The van der Waals surface area contributed by atoms with Crippen LogP contribution in [-0.2, 0) is 4.74 Å². The minimum Gasteiger partial charge on any atom is -0.381 e. The normalized spacial score (nSPS) is 23.9. The molecule has 0 bridgehead atoms. The Hall–Kier alpha value is -0.340. The maximum atomic E-state index is 5.44. The van der Waals surface area contributed by atoms with Crippen LogP contribution >= 0.6 is 0 Å². The maximum absolute atomic E-state index is 5.44. The van der Waals surface area contributed by atoms with Gasteiger partial charge in [0.1, 0.15) is 0 Å². The van der Waals surface area contributed by atoms with Gasteiger partial charge in [-0.15, -0.1) is 0 Å². The van der Waals surface area contributed by atoms with Crippen molar-refractivity contribution in [1.29, 1.82) is 0 Å². The van der Waals surface area contributed by atoms with E-state index in [2.05, 4.69) is 25.2 Å². The van der Waals surface area contributed by atoms with Gasteiger partial charge in [0.2, 0.25) is 0 Å². The van der Waals surface area contributed by atoms with Gasteiger partial charge in [-0.25, -0.2) is 0 Å². The molecule has 1 heterocycles. The van der Waals surface area contributed by atoms with E-state index in [-0.39, 0.29) is 0 Å². The van der Waals surface area contributed by atoms with Gasteiger partial charge < -0.3 is 10.1 Å². The van der Waals surface area contributed by atoms with Crippen molar-refractivity contribution in [3.63, 3.8) is 0 Å². The van der Waals surface area contributed by atoms with Gasteiger partial charge >= 0.3 is 0 Å². The molecule has 0 amide bonds. The van der Waals surface area contributed by atoms with Crippen LogP contribution in [0.2, 0.25) is 0 Å². The summed E-state index contributed by atoms with van der Waals surface area (Å²) in [6.07, 6.45) is 6.10. The zero-order valence-corrected chi connectivity index (χ0v) is 9.51. The monoisotopic (exact) mass is 197 g/mol. The van der Waals surface area contributed by atoms with Crippen LogP contribution in [0.1, 0.15) is 33.1 Å². The van der Waals surface area contributed by atoms with Gasteiger partial charge in [0.15, 0.2) is 0 Å². The molecular weight excluding hydrogens is 174 g/mol. The van der Waals surface area contributed by atoms with Crippen molar-refractivity contribution in [1.82, 2.24) is 5.32 Å². The Kier molecular flexibility index (Phi) is 5.88. The Bertz CT molecular complexity index is 171. The average Bonchev–Trinajstić information content (AvgIpc) is 2.20. The lowest BCUT2D eigenvalue weighted by molar-refractivity contribution is 0.0707. The third-order valence-electron chi connectivity index (χ3n) is 2.55. The van der Waals surface area contributed by atoms with Crippen molar-refractivity contribution in [2.75, 3.05) is 26.3 Å². The number of ether oxygens (including phenoxy) is 1. The summed E-state index contributed by atoms with van der Waals surface area (Å²) in [4.78, 5) is 0. The van der Waals surface area contributed by atoms with Crippen molar-refractivity contribution < 1.29 is 4.74 Å². The summed E-state index contributed by atoms with van der Waals surface area (Å²) in [5.41, 5.74) is 1.45. The molecule has 1 unspecified atom stereocenters. The topological polar surface area (TPSA) is 21.3 Å². The third-order valence-corrected chi connectivity index (χ3v) is 2.55. The minimum atomic E-state index is 0.659. The SMILES string of the molecule is CCCNCC(C)=CC1CCCOC1. The second-order valence-corrected chi connectivity index (χ2v) is 4.17. The van der Waals surface area contributed by atoms with Gasteiger partial charge in [0.05, 0.1) is 6.61 Å². The number of hydrogen-bond acceptors (Lipinski definition) is 2. The highest BCUT2D eigenvalue weighted by Crippen LogP contribution is 2.16. The summed E-state index contributed by atoms with van der Waals surface area (Å²) in [6, 6.07) is 0. The highest BCUT2D eigenvalue weighted by Gasteiger charge is 2.10. The highest BCUT2D eigenvalue weighted by molar-refractivity contribution is 5.03. The van der Waals surface area contributed by atoms with Crippen LogP contribution in [-0.4, -0.2) is 26.3 Å². The molecule has 1 fully saturated rings. The second-order valence-electron chi connectivity index (χ2n) is 4.17. The predicted octanol–water partition coefficient (Wildman–Crippen LogP) is 2.36. The molecule has 1 N–H and O–H groups in total. The Labute approximate surface area is 87.7 Å². The van der Waals surface area contributed by atoms with Gasteiger partial charge in [-0.2, -0.15) is 0 Å². The summed E-state index contributed by atoms with van der Waals surface area (Å²) >= 11 is 0. The van der Waals surface area contributed by atoms with Crippen molar-refractivity contribution >= 4 is 0 Å². The average molecular weight is 197 g/mol. The van der Waals surface area contributed by atoms with Gasteiger partial charge in [0, 0.05) is 19.1 Å². The van der Waals surface area contributed by atoms with Crippen LogP contribution in [0.3, 0.4) is 0 Å². The van der Waals surface area contributed by atoms with Gasteiger partial charge in [-0.05, 0) is 32.7 Å². The van der Waals surface area contributed by atoms with Crippen LogP contribution in [0.25, 0.3) is 0 Å². The first kappa shape index (κ1) is 11.7. The number of hydrogen-bond donors (Lipinski definition) is 1. The first-order valence-corrected chi connectivity index (χ1v) is 5.78. The number of nitrogens with one attached hydrogen (secondary N) is 1. The Morgan fingerprint density at radius 1 is 1.57 bits per heavy atom. The quantitative estimate of drug-likeness (QED) is 0.539. The van der Waals surface area contributed by atoms with E-state index in [4.69, 9.17) is 4.74 Å². The maximum Gasteiger partial charge on any atom is 0.0528 e. The molecule has 0 spiro atoms. The van der Waals surface area contributed by atoms with Gasteiger partial charge in [0.25, 0.3) is 0 Å². The molecule has 0 aromatic heterocycles. The van der Waals surface area contributed by atoms with E-state index in [1.165, 1.54) is 24.8 Å². The molecule has 2 heteroatoms.